The van der Waals surface area contributed by atoms with E-state index in [0.29, 0.717) is 13.1 Å². The van der Waals surface area contributed by atoms with Gasteiger partial charge in [0.1, 0.15) is 0 Å². The highest BCUT2D eigenvalue weighted by Crippen LogP contribution is 2.10. The van der Waals surface area contributed by atoms with E-state index in [-0.39, 0.29) is 31.2 Å². The summed E-state index contributed by atoms with van der Waals surface area (Å²) in [5.41, 5.74) is 0. The Labute approximate surface area is 94.6 Å². The number of nitrogens with one attached hydrogen (secondary N) is 1. The zero-order chi connectivity index (χ0) is 12.1. The molecule has 6 nitrogen and oxygen atoms in total. The molecule has 92 valence electrons. The zero-order valence-electron chi connectivity index (χ0n) is 9.60. The van der Waals surface area contributed by atoms with Crippen LogP contribution in [-0.2, 0) is 14.3 Å². The lowest BCUT2D eigenvalue weighted by Gasteiger charge is -2.35. The molecule has 1 aliphatic heterocycles. The normalized spacial score (nSPS) is 25.5. The molecule has 1 saturated heterocycles. The summed E-state index contributed by atoms with van der Waals surface area (Å²) in [6, 6.07) is 0. The summed E-state index contributed by atoms with van der Waals surface area (Å²) in [5, 5.41) is 11.0. The van der Waals surface area contributed by atoms with Crippen molar-refractivity contribution in [3.63, 3.8) is 0 Å². The average molecular weight is 230 g/mol. The molecule has 0 aromatic rings. The third-order valence-electron chi connectivity index (χ3n) is 2.32. The van der Waals surface area contributed by atoms with Crippen molar-refractivity contribution in [1.29, 1.82) is 0 Å². The Bertz CT molecular complexity index is 260. The molecule has 0 radical (unpaired) electrons. The second kappa shape index (κ2) is 5.81. The molecule has 0 aliphatic carbocycles. The number of aliphatic carboxylic acids is 1. The Morgan fingerprint density at radius 1 is 1.31 bits per heavy atom. The van der Waals surface area contributed by atoms with Crippen LogP contribution in [0.15, 0.2) is 0 Å². The van der Waals surface area contributed by atoms with Crippen molar-refractivity contribution in [2.45, 2.75) is 26.1 Å². The minimum Gasteiger partial charge on any atom is -0.480 e. The highest BCUT2D eigenvalue weighted by Gasteiger charge is 2.25. The number of carbonyl (C=O) groups excluding carboxylic acids is 1. The first kappa shape index (κ1) is 12.9. The van der Waals surface area contributed by atoms with Gasteiger partial charge in [-0.25, -0.2) is 0 Å². The van der Waals surface area contributed by atoms with Crippen LogP contribution in [0.2, 0.25) is 0 Å². The molecule has 1 fully saturated rings. The van der Waals surface area contributed by atoms with Gasteiger partial charge in [-0.1, -0.05) is 0 Å². The quantitative estimate of drug-likeness (QED) is 0.667. The summed E-state index contributed by atoms with van der Waals surface area (Å²) >= 11 is 0. The number of nitrogens with zero attached hydrogens (tertiary/aromatic N) is 1. The number of ether oxygens (including phenoxy) is 1. The molecule has 1 heterocycles. The van der Waals surface area contributed by atoms with Gasteiger partial charge in [-0.15, -0.1) is 0 Å². The van der Waals surface area contributed by atoms with E-state index in [1.165, 1.54) is 0 Å². The van der Waals surface area contributed by atoms with E-state index in [4.69, 9.17) is 9.84 Å². The van der Waals surface area contributed by atoms with E-state index in [0.717, 1.165) is 0 Å². The van der Waals surface area contributed by atoms with Crippen molar-refractivity contribution in [2.75, 3.05) is 26.2 Å². The molecule has 0 bridgehead atoms. The van der Waals surface area contributed by atoms with Gasteiger partial charge in [0.05, 0.1) is 25.3 Å². The van der Waals surface area contributed by atoms with Gasteiger partial charge in [0.25, 0.3) is 0 Å². The summed E-state index contributed by atoms with van der Waals surface area (Å²) in [7, 11) is 0. The van der Waals surface area contributed by atoms with Crippen molar-refractivity contribution < 1.29 is 19.4 Å². The van der Waals surface area contributed by atoms with E-state index in [1.807, 2.05) is 13.8 Å². The minimum absolute atomic E-state index is 0.0344. The fourth-order valence-electron chi connectivity index (χ4n) is 1.77. The van der Waals surface area contributed by atoms with Gasteiger partial charge < -0.3 is 14.7 Å². The second-order valence-electron chi connectivity index (χ2n) is 4.05. The predicted octanol–water partition coefficient (Wildman–Crippen LogP) is -0.704. The van der Waals surface area contributed by atoms with E-state index in [2.05, 4.69) is 5.32 Å². The Balaban J connectivity index is 2.32. The van der Waals surface area contributed by atoms with Gasteiger partial charge in [0, 0.05) is 13.1 Å². The molecule has 2 unspecified atom stereocenters. The number of hydrogen-bond donors (Lipinski definition) is 2. The van der Waals surface area contributed by atoms with Crippen LogP contribution in [-0.4, -0.2) is 60.3 Å². The molecule has 16 heavy (non-hydrogen) atoms. The van der Waals surface area contributed by atoms with Crippen molar-refractivity contribution in [1.82, 2.24) is 10.2 Å². The topological polar surface area (TPSA) is 78.9 Å². The maximum Gasteiger partial charge on any atom is 0.317 e. The fraction of sp³-hybridized carbons (Fsp3) is 0.800. The first-order valence-corrected chi connectivity index (χ1v) is 5.34. The lowest BCUT2D eigenvalue weighted by molar-refractivity contribution is -0.142. The molecular weight excluding hydrogens is 212 g/mol. The number of rotatable bonds is 4. The molecule has 0 aromatic heterocycles. The molecule has 0 saturated carbocycles. The Hall–Kier alpha value is -1.14. The van der Waals surface area contributed by atoms with Gasteiger partial charge >= 0.3 is 5.97 Å². The third-order valence-corrected chi connectivity index (χ3v) is 2.32. The Morgan fingerprint density at radius 2 is 1.88 bits per heavy atom. The monoisotopic (exact) mass is 230 g/mol. The maximum absolute atomic E-state index is 11.7. The molecule has 1 amide bonds. The van der Waals surface area contributed by atoms with Crippen molar-refractivity contribution in [3.8, 4) is 0 Å². The van der Waals surface area contributed by atoms with E-state index in [9.17, 15) is 9.59 Å². The molecule has 0 spiro atoms. The zero-order valence-corrected chi connectivity index (χ0v) is 9.60. The van der Waals surface area contributed by atoms with Crippen LogP contribution in [0.4, 0.5) is 0 Å². The molecule has 0 aromatic carbocycles. The molecule has 2 atom stereocenters. The van der Waals surface area contributed by atoms with Crippen LogP contribution < -0.4 is 5.32 Å². The highest BCUT2D eigenvalue weighted by atomic mass is 16.5. The maximum atomic E-state index is 11.7. The summed E-state index contributed by atoms with van der Waals surface area (Å²) in [4.78, 5) is 23.6. The molecule has 1 rings (SSSR count). The number of carbonyl (C=O) groups is 2. The number of amides is 1. The second-order valence-corrected chi connectivity index (χ2v) is 4.05. The number of carboxylic acid groups (broad SMARTS) is 1. The highest BCUT2D eigenvalue weighted by molar-refractivity contribution is 5.79. The molecule has 6 heteroatoms. The predicted molar refractivity (Wildman–Crippen MR) is 57.1 cm³/mol. The van der Waals surface area contributed by atoms with Gasteiger partial charge in [0.15, 0.2) is 0 Å². The fourth-order valence-corrected chi connectivity index (χ4v) is 1.77. The van der Waals surface area contributed by atoms with Crippen LogP contribution >= 0.6 is 0 Å². The Morgan fingerprint density at radius 3 is 2.38 bits per heavy atom. The number of morpholine rings is 1. The van der Waals surface area contributed by atoms with Gasteiger partial charge in [-0.2, -0.15) is 0 Å². The number of carboxylic acids is 1. The Kier molecular flexibility index (Phi) is 4.70. The lowest BCUT2D eigenvalue weighted by Crippen LogP contribution is -2.50. The molecular formula is C10H18N2O4. The lowest BCUT2D eigenvalue weighted by atomic mass is 10.2. The first-order valence-electron chi connectivity index (χ1n) is 5.34. The van der Waals surface area contributed by atoms with Crippen LogP contribution in [0.1, 0.15) is 13.8 Å². The van der Waals surface area contributed by atoms with Crippen LogP contribution in [0.25, 0.3) is 0 Å². The smallest absolute Gasteiger partial charge is 0.317 e. The SMILES string of the molecule is CC1CN(C(=O)CNCC(=O)O)CC(C)O1. The summed E-state index contributed by atoms with van der Waals surface area (Å²) in [6.07, 6.45) is 0.0688. The van der Waals surface area contributed by atoms with E-state index < -0.39 is 5.97 Å². The first-order chi connectivity index (χ1) is 7.49. The summed E-state index contributed by atoms with van der Waals surface area (Å²) < 4.78 is 5.50. The van der Waals surface area contributed by atoms with E-state index >= 15 is 0 Å². The average Bonchev–Trinajstić information content (AvgIpc) is 2.15. The summed E-state index contributed by atoms with van der Waals surface area (Å²) in [6.45, 7) is 4.84. The van der Waals surface area contributed by atoms with Gasteiger partial charge in [0.2, 0.25) is 5.91 Å². The minimum atomic E-state index is -0.962. The third kappa shape index (κ3) is 4.16. The van der Waals surface area contributed by atoms with Crippen LogP contribution in [0, 0.1) is 0 Å². The van der Waals surface area contributed by atoms with Crippen LogP contribution in [0.5, 0.6) is 0 Å². The van der Waals surface area contributed by atoms with E-state index in [1.54, 1.807) is 4.90 Å². The molecule has 1 aliphatic rings. The van der Waals surface area contributed by atoms with Crippen molar-refractivity contribution in [2.24, 2.45) is 0 Å². The summed E-state index contributed by atoms with van der Waals surface area (Å²) in [5.74, 6) is -1.04. The largest absolute Gasteiger partial charge is 0.480 e. The standard InChI is InChI=1S/C10H18N2O4/c1-7-5-12(6-8(2)16-7)9(13)3-11-4-10(14)15/h7-8,11H,3-6H2,1-2H3,(H,14,15). The number of hydrogen-bond acceptors (Lipinski definition) is 4. The van der Waals surface area contributed by atoms with Gasteiger partial charge in [-0.3, -0.25) is 14.9 Å². The van der Waals surface area contributed by atoms with Gasteiger partial charge in [-0.05, 0) is 13.8 Å². The van der Waals surface area contributed by atoms with Crippen molar-refractivity contribution >= 4 is 11.9 Å². The molecule has 2 N–H and O–H groups in total. The van der Waals surface area contributed by atoms with Crippen LogP contribution in [0.3, 0.4) is 0 Å². The van der Waals surface area contributed by atoms with Crippen molar-refractivity contribution in [3.05, 3.63) is 0 Å².